The van der Waals surface area contributed by atoms with Gasteiger partial charge in [-0.2, -0.15) is 4.98 Å². The van der Waals surface area contributed by atoms with Crippen molar-refractivity contribution in [2.75, 3.05) is 0 Å². The summed E-state index contributed by atoms with van der Waals surface area (Å²) in [7, 11) is 0. The Bertz CT molecular complexity index is 1540. The molecule has 0 unspecified atom stereocenters. The number of aromatic nitrogens is 6. The molecule has 4 aromatic rings. The molecule has 38 heavy (non-hydrogen) atoms. The Balaban J connectivity index is 0.00000441. The second-order valence-corrected chi connectivity index (χ2v) is 11.5. The molecule has 0 saturated heterocycles. The average molecular weight is 688 g/mol. The SMILES string of the molecule is [2H]c1c(C#N)n[c-]n1-c1cc(C(C)(C)C)cc(C(C)(C)c2cc(C(C)(C)C)cc(-n3[c-]nc([N+]#[C-])c3[2H])n2)n1.[Pt+2]. The molecule has 0 aliphatic carbocycles. The van der Waals surface area contributed by atoms with Crippen LogP contribution in [0.1, 0.15) is 86.3 Å². The Hall–Kier alpha value is -3.61. The molecule has 196 valence electrons. The molecule has 0 fully saturated rings. The van der Waals surface area contributed by atoms with Crippen molar-refractivity contribution in [1.82, 2.24) is 29.1 Å². The predicted octanol–water partition coefficient (Wildman–Crippen LogP) is 5.79. The van der Waals surface area contributed by atoms with Crippen LogP contribution in [0.5, 0.6) is 0 Å². The first kappa shape index (κ1) is 26.0. The third-order valence-electron chi connectivity index (χ3n) is 6.25. The fraction of sp³-hybridized carbons (Fsp3) is 0.379. The standard InChI is InChI=1S/C29H30N8.Pt/c1-27(2,3)19-10-22(34-25(12-19)36-15-21(14-30)32-17-36)29(7,8)23-11-20(28(4,5)6)13-26(35-23)37-16-24(31-9)33-18-37;/h10-13,15-16H,1-8H3;/q-2;+2/i15D,16D;. The van der Waals surface area contributed by atoms with E-state index in [1.54, 1.807) is 0 Å². The van der Waals surface area contributed by atoms with Gasteiger partial charge < -0.3 is 19.0 Å². The van der Waals surface area contributed by atoms with Crippen LogP contribution in [0.2, 0.25) is 0 Å². The molecule has 4 aromatic heterocycles. The summed E-state index contributed by atoms with van der Waals surface area (Å²) in [6, 6.07) is 9.78. The first-order valence-electron chi connectivity index (χ1n) is 12.9. The van der Waals surface area contributed by atoms with E-state index in [9.17, 15) is 5.26 Å². The minimum atomic E-state index is -0.724. The van der Waals surface area contributed by atoms with Gasteiger partial charge in [-0.05, 0) is 54.1 Å². The first-order chi connectivity index (χ1) is 18.1. The Morgan fingerprint density at radius 2 is 1.32 bits per heavy atom. The Morgan fingerprint density at radius 1 is 0.842 bits per heavy atom. The zero-order chi connectivity index (χ0) is 28.9. The number of rotatable bonds is 4. The Kier molecular flexibility index (Phi) is 7.03. The van der Waals surface area contributed by atoms with Gasteiger partial charge in [0.25, 0.3) is 0 Å². The fourth-order valence-electron chi connectivity index (χ4n) is 3.72. The number of pyridine rings is 2. The third kappa shape index (κ3) is 5.77. The van der Waals surface area contributed by atoms with Gasteiger partial charge in [0.1, 0.15) is 0 Å². The van der Waals surface area contributed by atoms with Crippen LogP contribution in [0.3, 0.4) is 0 Å². The second kappa shape index (κ2) is 10.3. The van der Waals surface area contributed by atoms with Crippen molar-refractivity contribution >= 4 is 5.82 Å². The molecule has 0 N–H and O–H groups in total. The Labute approximate surface area is 241 Å². The molecule has 0 atom stereocenters. The second-order valence-electron chi connectivity index (χ2n) is 11.5. The van der Waals surface area contributed by atoms with E-state index in [-0.39, 0.29) is 55.8 Å². The molecule has 0 saturated carbocycles. The van der Waals surface area contributed by atoms with Crippen molar-refractivity contribution < 1.29 is 23.8 Å². The summed E-state index contributed by atoms with van der Waals surface area (Å²) >= 11 is 0. The van der Waals surface area contributed by atoms with E-state index < -0.39 is 5.41 Å². The number of hydrogen-bond acceptors (Lipinski definition) is 5. The quantitative estimate of drug-likeness (QED) is 0.254. The zero-order valence-electron chi connectivity index (χ0n) is 24.7. The van der Waals surface area contributed by atoms with Gasteiger partial charge in [0.05, 0.1) is 17.7 Å². The molecule has 0 amide bonds. The van der Waals surface area contributed by atoms with Crippen LogP contribution in [-0.2, 0) is 37.3 Å². The van der Waals surface area contributed by atoms with Crippen LogP contribution in [0.25, 0.3) is 16.5 Å². The first-order valence-corrected chi connectivity index (χ1v) is 11.9. The molecular formula is C29H30N8Pt. The van der Waals surface area contributed by atoms with Gasteiger partial charge in [-0.3, -0.25) is 9.97 Å². The maximum Gasteiger partial charge on any atom is 2.00 e. The van der Waals surface area contributed by atoms with Crippen molar-refractivity contribution in [3.63, 3.8) is 0 Å². The number of hydrogen-bond donors (Lipinski definition) is 0. The zero-order valence-corrected chi connectivity index (χ0v) is 25.0. The fourth-order valence-corrected chi connectivity index (χ4v) is 3.72. The van der Waals surface area contributed by atoms with Gasteiger partial charge in [-0.1, -0.05) is 66.4 Å². The monoisotopic (exact) mass is 687 g/mol. The van der Waals surface area contributed by atoms with Crippen LogP contribution >= 0.6 is 0 Å². The minimum absolute atomic E-state index is 0. The van der Waals surface area contributed by atoms with Gasteiger partial charge in [-0.15, -0.1) is 0 Å². The summed E-state index contributed by atoms with van der Waals surface area (Å²) in [5, 5.41) is 9.31. The van der Waals surface area contributed by atoms with E-state index in [4.69, 9.17) is 19.3 Å². The van der Waals surface area contributed by atoms with Crippen molar-refractivity contribution in [1.29, 1.82) is 5.26 Å². The van der Waals surface area contributed by atoms with E-state index >= 15 is 0 Å². The van der Waals surface area contributed by atoms with E-state index in [0.717, 1.165) is 11.1 Å². The molecule has 0 radical (unpaired) electrons. The molecule has 8 nitrogen and oxygen atoms in total. The van der Waals surface area contributed by atoms with Crippen molar-refractivity contribution in [2.24, 2.45) is 0 Å². The molecule has 0 bridgehead atoms. The van der Waals surface area contributed by atoms with Gasteiger partial charge in [-0.25, -0.2) is 5.26 Å². The molecule has 4 heterocycles. The summed E-state index contributed by atoms with van der Waals surface area (Å²) in [4.78, 5) is 21.0. The molecule has 9 heteroatoms. The van der Waals surface area contributed by atoms with Crippen LogP contribution in [0.4, 0.5) is 5.82 Å². The number of imidazole rings is 2. The normalized spacial score (nSPS) is 12.7. The van der Waals surface area contributed by atoms with E-state index in [1.165, 1.54) is 9.13 Å². The summed E-state index contributed by atoms with van der Waals surface area (Å²) in [6.45, 7) is 23.9. The summed E-state index contributed by atoms with van der Waals surface area (Å²) in [5.74, 6) is 0.845. The molecular weight excluding hydrogens is 655 g/mol. The van der Waals surface area contributed by atoms with Crippen LogP contribution < -0.4 is 0 Å². The number of nitrogens with zero attached hydrogens (tertiary/aromatic N) is 8. The van der Waals surface area contributed by atoms with Crippen LogP contribution in [0.15, 0.2) is 36.6 Å². The smallest absolute Gasteiger partial charge is 0.417 e. The topological polar surface area (TPSA) is 89.6 Å². The maximum atomic E-state index is 9.31. The van der Waals surface area contributed by atoms with Gasteiger partial charge in [0, 0.05) is 31.6 Å². The Morgan fingerprint density at radius 3 is 1.71 bits per heavy atom. The molecule has 0 aliphatic rings. The van der Waals surface area contributed by atoms with Gasteiger partial charge >= 0.3 is 21.1 Å². The summed E-state index contributed by atoms with van der Waals surface area (Å²) in [5.41, 5.74) is 2.17. The maximum absolute atomic E-state index is 9.31. The van der Waals surface area contributed by atoms with Crippen molar-refractivity contribution in [3.05, 3.63) is 88.9 Å². The van der Waals surface area contributed by atoms with Crippen LogP contribution in [-0.4, -0.2) is 29.1 Å². The molecule has 0 aromatic carbocycles. The molecule has 4 rings (SSSR count). The summed E-state index contributed by atoms with van der Waals surface area (Å²) in [6.07, 6.45) is 5.31. The van der Waals surface area contributed by atoms with E-state index in [1.807, 2.05) is 44.2 Å². The largest absolute Gasteiger partial charge is 2.00 e. The van der Waals surface area contributed by atoms with Crippen molar-refractivity contribution in [2.45, 2.75) is 71.6 Å². The third-order valence-corrected chi connectivity index (χ3v) is 6.25. The van der Waals surface area contributed by atoms with Gasteiger partial charge in [0.15, 0.2) is 6.33 Å². The van der Waals surface area contributed by atoms with E-state index in [2.05, 4.69) is 69.0 Å². The minimum Gasteiger partial charge on any atom is -0.417 e. The van der Waals surface area contributed by atoms with E-state index in [0.29, 0.717) is 23.0 Å². The number of nitriles is 1. The molecule has 0 spiro atoms. The molecule has 0 aliphatic heterocycles. The average Bonchev–Trinajstić information content (AvgIpc) is 3.43. The predicted molar refractivity (Wildman–Crippen MR) is 141 cm³/mol. The van der Waals surface area contributed by atoms with Crippen LogP contribution in [0, 0.1) is 30.6 Å². The summed E-state index contributed by atoms with van der Waals surface area (Å²) < 4.78 is 19.5. The van der Waals surface area contributed by atoms with Gasteiger partial charge in [0.2, 0.25) is 5.82 Å². The van der Waals surface area contributed by atoms with Crippen molar-refractivity contribution in [3.8, 4) is 17.7 Å².